The van der Waals surface area contributed by atoms with Gasteiger partial charge < -0.3 is 10.6 Å². The highest BCUT2D eigenvalue weighted by molar-refractivity contribution is 5.80. The normalized spacial score (nSPS) is 17.0. The summed E-state index contributed by atoms with van der Waals surface area (Å²) in [7, 11) is 0. The number of benzene rings is 2. The van der Waals surface area contributed by atoms with E-state index in [1.54, 1.807) is 4.90 Å². The molecule has 5 nitrogen and oxygen atoms in total. The van der Waals surface area contributed by atoms with Gasteiger partial charge >= 0.3 is 0 Å². The molecular formula is C22H27N3O2. The molecule has 2 aromatic rings. The Morgan fingerprint density at radius 1 is 1.04 bits per heavy atom. The van der Waals surface area contributed by atoms with E-state index in [-0.39, 0.29) is 24.3 Å². The number of nitrogens with two attached hydrogens (primary N) is 1. The molecule has 2 aromatic carbocycles. The van der Waals surface area contributed by atoms with Crippen LogP contribution in [0.3, 0.4) is 0 Å². The van der Waals surface area contributed by atoms with Crippen LogP contribution in [0.2, 0.25) is 0 Å². The minimum absolute atomic E-state index is 0.0444. The third kappa shape index (κ3) is 5.41. The molecule has 0 saturated carbocycles. The lowest BCUT2D eigenvalue weighted by Crippen LogP contribution is -2.41. The van der Waals surface area contributed by atoms with Gasteiger partial charge in [-0.05, 0) is 30.5 Å². The van der Waals surface area contributed by atoms with Gasteiger partial charge in [-0.15, -0.1) is 0 Å². The molecule has 0 spiro atoms. The fourth-order valence-electron chi connectivity index (χ4n) is 3.68. The van der Waals surface area contributed by atoms with Gasteiger partial charge in [-0.1, -0.05) is 60.7 Å². The topological polar surface area (TPSA) is 66.6 Å². The van der Waals surface area contributed by atoms with Crippen LogP contribution in [0.1, 0.15) is 36.4 Å². The van der Waals surface area contributed by atoms with E-state index in [0.717, 1.165) is 24.9 Å². The second kappa shape index (κ2) is 9.33. The lowest BCUT2D eigenvalue weighted by molar-refractivity contribution is -0.133. The molecule has 1 heterocycles. The van der Waals surface area contributed by atoms with Crippen molar-refractivity contribution < 1.29 is 9.59 Å². The minimum Gasteiger partial charge on any atom is -0.370 e. The third-order valence-corrected chi connectivity index (χ3v) is 5.08. The molecule has 1 aliphatic rings. The van der Waals surface area contributed by atoms with Crippen molar-refractivity contribution in [3.63, 3.8) is 0 Å². The Morgan fingerprint density at radius 2 is 1.70 bits per heavy atom. The highest BCUT2D eigenvalue weighted by atomic mass is 16.2. The third-order valence-electron chi connectivity index (χ3n) is 5.08. The molecule has 3 rings (SSSR count). The highest BCUT2D eigenvalue weighted by Crippen LogP contribution is 2.31. The first kappa shape index (κ1) is 19.1. The van der Waals surface area contributed by atoms with Gasteiger partial charge in [0, 0.05) is 25.6 Å². The van der Waals surface area contributed by atoms with Crippen LogP contribution in [0.25, 0.3) is 0 Å². The molecule has 1 atom stereocenters. The van der Waals surface area contributed by atoms with Crippen LogP contribution in [-0.2, 0) is 16.1 Å². The molecule has 2 N–H and O–H groups in total. The van der Waals surface area contributed by atoms with Crippen molar-refractivity contribution in [3.8, 4) is 0 Å². The van der Waals surface area contributed by atoms with Crippen LogP contribution >= 0.6 is 0 Å². The molecule has 27 heavy (non-hydrogen) atoms. The molecule has 0 bridgehead atoms. The zero-order valence-corrected chi connectivity index (χ0v) is 15.6. The van der Waals surface area contributed by atoms with Gasteiger partial charge in [0.25, 0.3) is 0 Å². The van der Waals surface area contributed by atoms with Crippen molar-refractivity contribution in [3.05, 3.63) is 71.8 Å². The zero-order chi connectivity index (χ0) is 19.1. The number of amides is 2. The summed E-state index contributed by atoms with van der Waals surface area (Å²) in [5.74, 6) is -0.341. The molecule has 0 unspecified atom stereocenters. The number of rotatable bonds is 8. The lowest BCUT2D eigenvalue weighted by atomic mass is 10.0. The summed E-state index contributed by atoms with van der Waals surface area (Å²) in [4.78, 5) is 28.3. The Morgan fingerprint density at radius 3 is 2.37 bits per heavy atom. The summed E-state index contributed by atoms with van der Waals surface area (Å²) < 4.78 is 0. The number of primary amides is 1. The summed E-state index contributed by atoms with van der Waals surface area (Å²) in [6.45, 7) is 2.13. The van der Waals surface area contributed by atoms with Gasteiger partial charge in [-0.2, -0.15) is 0 Å². The fraction of sp³-hybridized carbons (Fsp3) is 0.364. The van der Waals surface area contributed by atoms with Crippen LogP contribution in [0, 0.1) is 0 Å². The van der Waals surface area contributed by atoms with E-state index in [0.29, 0.717) is 19.6 Å². The van der Waals surface area contributed by atoms with Crippen molar-refractivity contribution in [1.29, 1.82) is 0 Å². The van der Waals surface area contributed by atoms with Crippen molar-refractivity contribution in [1.82, 2.24) is 9.80 Å². The summed E-state index contributed by atoms with van der Waals surface area (Å²) in [5.41, 5.74) is 7.62. The van der Waals surface area contributed by atoms with E-state index in [2.05, 4.69) is 17.0 Å². The van der Waals surface area contributed by atoms with E-state index >= 15 is 0 Å². The number of nitrogens with zero attached hydrogens (tertiary/aromatic N) is 2. The largest absolute Gasteiger partial charge is 0.370 e. The van der Waals surface area contributed by atoms with Gasteiger partial charge in [0.15, 0.2) is 0 Å². The van der Waals surface area contributed by atoms with Crippen LogP contribution in [0.5, 0.6) is 0 Å². The smallest absolute Gasteiger partial charge is 0.237 e. The monoisotopic (exact) mass is 365 g/mol. The molecular weight excluding hydrogens is 338 g/mol. The fourth-order valence-corrected chi connectivity index (χ4v) is 3.68. The van der Waals surface area contributed by atoms with Crippen molar-refractivity contribution in [2.75, 3.05) is 19.6 Å². The first-order valence-electron chi connectivity index (χ1n) is 9.52. The van der Waals surface area contributed by atoms with Gasteiger partial charge in [-0.25, -0.2) is 0 Å². The average Bonchev–Trinajstić information content (AvgIpc) is 3.14. The summed E-state index contributed by atoms with van der Waals surface area (Å²) >= 11 is 0. The molecule has 0 aliphatic carbocycles. The number of carbonyl (C=O) groups is 2. The highest BCUT2D eigenvalue weighted by Gasteiger charge is 2.29. The Hall–Kier alpha value is -2.66. The molecule has 142 valence electrons. The number of hydrogen-bond donors (Lipinski definition) is 1. The Balaban J connectivity index is 1.68. The second-order valence-corrected chi connectivity index (χ2v) is 7.06. The Bertz CT molecular complexity index is 749. The minimum atomic E-state index is -0.385. The maximum Gasteiger partial charge on any atom is 0.237 e. The number of hydrogen-bond acceptors (Lipinski definition) is 3. The van der Waals surface area contributed by atoms with Crippen molar-refractivity contribution >= 4 is 11.8 Å². The predicted octanol–water partition coefficient (Wildman–Crippen LogP) is 2.73. The SMILES string of the molecule is NC(=O)CCN(Cc1ccccc1)C(=O)CN1CCC[C@H]1c1ccccc1. The zero-order valence-electron chi connectivity index (χ0n) is 15.6. The molecule has 1 fully saturated rings. The molecule has 2 amide bonds. The van der Waals surface area contributed by atoms with Gasteiger partial charge in [0.05, 0.1) is 6.54 Å². The summed E-state index contributed by atoms with van der Waals surface area (Å²) in [6.07, 6.45) is 2.34. The van der Waals surface area contributed by atoms with E-state index in [9.17, 15) is 9.59 Å². The molecule has 1 aliphatic heterocycles. The van der Waals surface area contributed by atoms with E-state index < -0.39 is 0 Å². The lowest BCUT2D eigenvalue weighted by Gasteiger charge is -2.28. The Kier molecular flexibility index (Phi) is 6.60. The molecule has 0 radical (unpaired) electrons. The van der Waals surface area contributed by atoms with Crippen molar-refractivity contribution in [2.45, 2.75) is 31.8 Å². The first-order chi connectivity index (χ1) is 13.1. The van der Waals surface area contributed by atoms with Crippen LogP contribution in [-0.4, -0.2) is 41.2 Å². The second-order valence-electron chi connectivity index (χ2n) is 7.06. The Labute approximate surface area is 160 Å². The standard InChI is InChI=1S/C22H27N3O2/c23-21(26)13-15-25(16-18-8-3-1-4-9-18)22(27)17-24-14-7-12-20(24)19-10-5-2-6-11-19/h1-6,8-11,20H,7,12-17H2,(H2,23,26)/t20-/m0/s1. The maximum absolute atomic E-state index is 13.0. The van der Waals surface area contributed by atoms with Crippen molar-refractivity contribution in [2.24, 2.45) is 5.73 Å². The van der Waals surface area contributed by atoms with Crippen LogP contribution in [0.15, 0.2) is 60.7 Å². The summed E-state index contributed by atoms with van der Waals surface area (Å²) in [6, 6.07) is 20.5. The quantitative estimate of drug-likeness (QED) is 0.782. The van der Waals surface area contributed by atoms with E-state index in [1.165, 1.54) is 5.56 Å². The molecule has 5 heteroatoms. The number of carbonyl (C=O) groups excluding carboxylic acids is 2. The van der Waals surface area contributed by atoms with E-state index in [4.69, 9.17) is 5.73 Å². The summed E-state index contributed by atoms with van der Waals surface area (Å²) in [5, 5.41) is 0. The average molecular weight is 365 g/mol. The van der Waals surface area contributed by atoms with Gasteiger partial charge in [0.2, 0.25) is 11.8 Å². The van der Waals surface area contributed by atoms with Gasteiger partial charge in [0.1, 0.15) is 0 Å². The van der Waals surface area contributed by atoms with Gasteiger partial charge in [-0.3, -0.25) is 14.5 Å². The van der Waals surface area contributed by atoms with E-state index in [1.807, 2.05) is 48.5 Å². The first-order valence-corrected chi connectivity index (χ1v) is 9.52. The predicted molar refractivity (Wildman–Crippen MR) is 106 cm³/mol. The number of likely N-dealkylation sites (tertiary alicyclic amines) is 1. The van der Waals surface area contributed by atoms with Crippen LogP contribution in [0.4, 0.5) is 0 Å². The maximum atomic E-state index is 13.0. The molecule has 0 aromatic heterocycles. The molecule has 1 saturated heterocycles. The van der Waals surface area contributed by atoms with Crippen LogP contribution < -0.4 is 5.73 Å².